The quantitative estimate of drug-likeness (QED) is 0.0231. The zero-order valence-electron chi connectivity index (χ0n) is 35.4. The Labute approximate surface area is 385 Å². The van der Waals surface area contributed by atoms with Crippen molar-refractivity contribution in [1.29, 1.82) is 0 Å². The van der Waals surface area contributed by atoms with Crippen molar-refractivity contribution in [1.82, 2.24) is 0 Å². The van der Waals surface area contributed by atoms with Crippen molar-refractivity contribution in [2.45, 2.75) is 0 Å². The molecule has 14 heteroatoms. The van der Waals surface area contributed by atoms with E-state index in [0.29, 0.717) is 22.1 Å². The fraction of sp³-hybridized carbons (Fsp3) is 0. The number of esters is 4. The SMILES string of the molecule is C=CC(=O)OC=COc1ccc(-c2ccc(-c3ccc(OC(=O)C=C)c4cc5c(-c6ccc(-c7ccc(OC=COC(=O)C=C)c(F)c7F)c(F)c6F)ccc(OC(=O)C=C)c5cc34)cc2)cc1. The van der Waals surface area contributed by atoms with Gasteiger partial charge in [0, 0.05) is 51.8 Å². The third-order valence-electron chi connectivity index (χ3n) is 10.1. The minimum Gasteiger partial charge on any atom is -0.462 e. The Kier molecular flexibility index (Phi) is 14.2. The number of fused-ring (bicyclic) bond motifs is 2. The maximum Gasteiger partial charge on any atom is 0.335 e. The largest absolute Gasteiger partial charge is 0.462 e. The topological polar surface area (TPSA) is 124 Å². The van der Waals surface area contributed by atoms with Crippen molar-refractivity contribution >= 4 is 45.4 Å². The Morgan fingerprint density at radius 3 is 1.26 bits per heavy atom. The van der Waals surface area contributed by atoms with E-state index in [1.54, 1.807) is 36.4 Å². The molecule has 68 heavy (non-hydrogen) atoms. The standard InChI is InChI=1S/C54H34F4O10/c1-5-47(59)65-27-25-63-34-15-13-32(14-16-34)31-9-11-33(12-10-31)35-19-22-44(67-49(61)7-3)42-30-41-36(20-23-45(68-50(62)8-4)43(41)29-40(35)42)37-17-18-38(52(56)51(37)55)39-21-24-46(54(58)53(39)57)64-26-28-66-48(60)6-2/h5-30H,1-4H2. The van der Waals surface area contributed by atoms with Crippen LogP contribution in [-0.2, 0) is 28.7 Å². The van der Waals surface area contributed by atoms with Gasteiger partial charge in [0.15, 0.2) is 23.2 Å². The average molecular weight is 919 g/mol. The van der Waals surface area contributed by atoms with Gasteiger partial charge >= 0.3 is 23.9 Å². The monoisotopic (exact) mass is 918 g/mol. The summed E-state index contributed by atoms with van der Waals surface area (Å²) in [5.74, 6) is -9.12. The van der Waals surface area contributed by atoms with Crippen molar-refractivity contribution in [3.05, 3.63) is 208 Å². The molecule has 0 bridgehead atoms. The second-order valence-corrected chi connectivity index (χ2v) is 14.1. The van der Waals surface area contributed by atoms with Gasteiger partial charge in [0.25, 0.3) is 0 Å². The molecule has 0 aliphatic heterocycles. The Morgan fingerprint density at radius 2 is 0.750 bits per heavy atom. The fourth-order valence-electron chi connectivity index (χ4n) is 6.95. The lowest BCUT2D eigenvalue weighted by atomic mass is 9.90. The van der Waals surface area contributed by atoms with Crippen molar-refractivity contribution in [2.24, 2.45) is 0 Å². The highest BCUT2D eigenvalue weighted by Gasteiger charge is 2.24. The van der Waals surface area contributed by atoms with E-state index in [4.69, 9.17) is 23.7 Å². The first kappa shape index (κ1) is 46.7. The summed E-state index contributed by atoms with van der Waals surface area (Å²) in [6, 6.07) is 28.2. The van der Waals surface area contributed by atoms with Gasteiger partial charge in [-0.3, -0.25) is 0 Å². The molecule has 0 aliphatic rings. The Balaban J connectivity index is 1.30. The second-order valence-electron chi connectivity index (χ2n) is 14.1. The molecule has 0 unspecified atom stereocenters. The first-order valence-electron chi connectivity index (χ1n) is 20.0. The van der Waals surface area contributed by atoms with Gasteiger partial charge in [-0.25, -0.2) is 32.3 Å². The molecule has 0 heterocycles. The van der Waals surface area contributed by atoms with Crippen LogP contribution in [0.15, 0.2) is 185 Å². The lowest BCUT2D eigenvalue weighted by Crippen LogP contribution is -2.05. The highest BCUT2D eigenvalue weighted by atomic mass is 19.2. The average Bonchev–Trinajstić information content (AvgIpc) is 3.36. The van der Waals surface area contributed by atoms with E-state index >= 15 is 17.6 Å². The maximum atomic E-state index is 16.4. The van der Waals surface area contributed by atoms with Crippen LogP contribution in [0.4, 0.5) is 17.6 Å². The van der Waals surface area contributed by atoms with Gasteiger partial charge in [-0.1, -0.05) is 80.9 Å². The molecule has 0 saturated carbocycles. The van der Waals surface area contributed by atoms with Crippen molar-refractivity contribution in [2.75, 3.05) is 0 Å². The van der Waals surface area contributed by atoms with Crippen LogP contribution in [0.5, 0.6) is 23.0 Å². The number of ether oxygens (including phenoxy) is 6. The second kappa shape index (κ2) is 20.7. The summed E-state index contributed by atoms with van der Waals surface area (Å²) in [6.45, 7) is 13.5. The predicted molar refractivity (Wildman–Crippen MR) is 247 cm³/mol. The van der Waals surface area contributed by atoms with Gasteiger partial charge < -0.3 is 28.4 Å². The summed E-state index contributed by atoms with van der Waals surface area (Å²) in [7, 11) is 0. The molecule has 0 fully saturated rings. The van der Waals surface area contributed by atoms with E-state index in [2.05, 4.69) is 31.1 Å². The van der Waals surface area contributed by atoms with Crippen molar-refractivity contribution < 1.29 is 65.2 Å². The molecule has 0 aliphatic carbocycles. The van der Waals surface area contributed by atoms with Gasteiger partial charge in [-0.05, 0) is 93.2 Å². The number of hydrogen-bond acceptors (Lipinski definition) is 10. The van der Waals surface area contributed by atoms with E-state index in [-0.39, 0.29) is 33.4 Å². The summed E-state index contributed by atoms with van der Waals surface area (Å²) < 4.78 is 94.2. The van der Waals surface area contributed by atoms with E-state index in [0.717, 1.165) is 78.0 Å². The summed E-state index contributed by atoms with van der Waals surface area (Å²) >= 11 is 0. The van der Waals surface area contributed by atoms with Crippen LogP contribution >= 0.6 is 0 Å². The third-order valence-corrected chi connectivity index (χ3v) is 10.1. The fourth-order valence-corrected chi connectivity index (χ4v) is 6.95. The first-order valence-corrected chi connectivity index (χ1v) is 20.0. The number of halogens is 4. The summed E-state index contributed by atoms with van der Waals surface area (Å²) in [5, 5.41) is 1.32. The predicted octanol–water partition coefficient (Wildman–Crippen LogP) is 12.6. The zero-order chi connectivity index (χ0) is 48.5. The highest BCUT2D eigenvalue weighted by Crippen LogP contribution is 2.44. The van der Waals surface area contributed by atoms with Crippen molar-refractivity contribution in [3.63, 3.8) is 0 Å². The number of hydrogen-bond donors (Lipinski definition) is 0. The van der Waals surface area contributed by atoms with Crippen LogP contribution in [-0.4, -0.2) is 23.9 Å². The van der Waals surface area contributed by atoms with Gasteiger partial charge in [-0.15, -0.1) is 0 Å². The number of carbonyl (C=O) groups excluding carboxylic acids is 4. The van der Waals surface area contributed by atoms with Crippen LogP contribution < -0.4 is 18.9 Å². The van der Waals surface area contributed by atoms with Gasteiger partial charge in [-0.2, -0.15) is 4.39 Å². The molecule has 7 rings (SSSR count). The minimum atomic E-state index is -1.55. The molecular weight excluding hydrogens is 885 g/mol. The normalized spacial score (nSPS) is 11.0. The van der Waals surface area contributed by atoms with Gasteiger partial charge in [0.05, 0.1) is 0 Å². The van der Waals surface area contributed by atoms with E-state index in [1.165, 1.54) is 24.5 Å². The van der Waals surface area contributed by atoms with Crippen molar-refractivity contribution in [3.8, 4) is 67.5 Å². The van der Waals surface area contributed by atoms with Gasteiger partial charge in [0.2, 0.25) is 5.82 Å². The van der Waals surface area contributed by atoms with E-state index in [1.807, 2.05) is 36.4 Å². The minimum absolute atomic E-state index is 0.0251. The highest BCUT2D eigenvalue weighted by molar-refractivity contribution is 6.13. The molecule has 0 atom stereocenters. The lowest BCUT2D eigenvalue weighted by molar-refractivity contribution is -0.133. The Hall–Kier alpha value is -9.30. The summed E-state index contributed by atoms with van der Waals surface area (Å²) in [5.41, 5.74) is 1.60. The van der Waals surface area contributed by atoms with Crippen LogP contribution in [0.25, 0.3) is 66.1 Å². The summed E-state index contributed by atoms with van der Waals surface area (Å²) in [4.78, 5) is 47.7. The Morgan fingerprint density at radius 1 is 0.368 bits per heavy atom. The molecule has 0 saturated heterocycles. The smallest absolute Gasteiger partial charge is 0.335 e. The van der Waals surface area contributed by atoms with Crippen LogP contribution in [0, 0.1) is 23.3 Å². The Bertz CT molecular complexity index is 3260. The molecule has 7 aromatic rings. The molecule has 10 nitrogen and oxygen atoms in total. The number of rotatable bonds is 16. The number of carbonyl (C=O) groups is 4. The lowest BCUT2D eigenvalue weighted by Gasteiger charge is -2.17. The first-order chi connectivity index (χ1) is 32.8. The molecule has 0 amide bonds. The molecule has 0 aromatic heterocycles. The molecule has 338 valence electrons. The zero-order valence-corrected chi connectivity index (χ0v) is 35.4. The molecule has 0 spiro atoms. The molecular formula is C54H34F4O10. The molecule has 7 aromatic carbocycles. The van der Waals surface area contributed by atoms with Crippen LogP contribution in [0.2, 0.25) is 0 Å². The van der Waals surface area contributed by atoms with Crippen LogP contribution in [0.3, 0.4) is 0 Å². The maximum absolute atomic E-state index is 16.4. The number of benzene rings is 7. The molecule has 0 radical (unpaired) electrons. The van der Waals surface area contributed by atoms with E-state index < -0.39 is 64.0 Å². The van der Waals surface area contributed by atoms with Gasteiger partial charge in [0.1, 0.15) is 42.3 Å². The van der Waals surface area contributed by atoms with Crippen LogP contribution in [0.1, 0.15) is 0 Å². The third kappa shape index (κ3) is 9.99. The molecule has 0 N–H and O–H groups in total. The van der Waals surface area contributed by atoms with E-state index in [9.17, 15) is 19.2 Å². The summed E-state index contributed by atoms with van der Waals surface area (Å²) in [6.07, 6.45) is 7.67.